The molecule has 0 aliphatic carbocycles. The van der Waals surface area contributed by atoms with E-state index in [0.29, 0.717) is 0 Å². The lowest BCUT2D eigenvalue weighted by Crippen LogP contribution is -2.48. The molecule has 0 spiro atoms. The summed E-state index contributed by atoms with van der Waals surface area (Å²) in [6, 6.07) is 1.49. The number of halogens is 1. The first kappa shape index (κ1) is 23.6. The maximum atomic E-state index is 14.8. The fourth-order valence-electron chi connectivity index (χ4n) is 4.15. The summed E-state index contributed by atoms with van der Waals surface area (Å²) in [6.45, 7) is 10.1. The number of ether oxygens (including phenoxy) is 2. The van der Waals surface area contributed by atoms with E-state index in [9.17, 15) is 24.1 Å². The first-order chi connectivity index (χ1) is 13.9. The van der Waals surface area contributed by atoms with Gasteiger partial charge in [-0.25, -0.2) is 14.0 Å². The Hall–Kier alpha value is -2.71. The van der Waals surface area contributed by atoms with Crippen LogP contribution in [0.4, 0.5) is 9.18 Å². The first-order valence-electron chi connectivity index (χ1n) is 9.95. The number of carbonyl (C=O) groups is 2. The number of nitro groups is 1. The van der Waals surface area contributed by atoms with Crippen molar-refractivity contribution in [1.29, 1.82) is 0 Å². The Bertz CT molecular complexity index is 807. The van der Waals surface area contributed by atoms with Crippen LogP contribution in [0.1, 0.15) is 53.1 Å². The standard InChI is InChI=1S/C21H29FN2O6/c1-7-29-19(25)18-15(21(4,5)6)17(24(27)28)16(13-10-8-9-11-14(13)22)23(18)20(26)30-12(2)3/h8-12,15-18H,7H2,1-6H3/t15-,16-,17-,18-/m0/s1. The van der Waals surface area contributed by atoms with E-state index in [2.05, 4.69) is 0 Å². The molecular weight excluding hydrogens is 395 g/mol. The van der Waals surface area contributed by atoms with Crippen molar-refractivity contribution in [2.24, 2.45) is 11.3 Å². The Morgan fingerprint density at radius 2 is 1.87 bits per heavy atom. The largest absolute Gasteiger partial charge is 0.464 e. The average molecular weight is 424 g/mol. The summed E-state index contributed by atoms with van der Waals surface area (Å²) in [6.07, 6.45) is -1.46. The fourth-order valence-corrected chi connectivity index (χ4v) is 4.15. The quantitative estimate of drug-likeness (QED) is 0.403. The summed E-state index contributed by atoms with van der Waals surface area (Å²) in [4.78, 5) is 38.7. The lowest BCUT2D eigenvalue weighted by molar-refractivity contribution is -0.536. The number of likely N-dealkylation sites (tertiary alicyclic amines) is 1. The zero-order chi connectivity index (χ0) is 22.8. The molecule has 166 valence electrons. The molecule has 0 unspecified atom stereocenters. The van der Waals surface area contributed by atoms with Crippen molar-refractivity contribution in [3.05, 3.63) is 45.8 Å². The molecule has 30 heavy (non-hydrogen) atoms. The van der Waals surface area contributed by atoms with Crippen LogP contribution >= 0.6 is 0 Å². The first-order valence-corrected chi connectivity index (χ1v) is 9.95. The molecule has 0 radical (unpaired) electrons. The van der Waals surface area contributed by atoms with E-state index in [1.807, 2.05) is 0 Å². The lowest BCUT2D eigenvalue weighted by Gasteiger charge is -2.33. The molecule has 2 rings (SSSR count). The van der Waals surface area contributed by atoms with Gasteiger partial charge in [0, 0.05) is 10.5 Å². The molecule has 9 heteroatoms. The maximum absolute atomic E-state index is 14.8. The zero-order valence-electron chi connectivity index (χ0n) is 18.1. The van der Waals surface area contributed by atoms with Gasteiger partial charge in [-0.05, 0) is 32.3 Å². The Labute approximate surface area is 175 Å². The molecule has 1 aliphatic heterocycles. The van der Waals surface area contributed by atoms with E-state index in [1.54, 1.807) is 41.5 Å². The average Bonchev–Trinajstić information content (AvgIpc) is 2.98. The summed E-state index contributed by atoms with van der Waals surface area (Å²) >= 11 is 0. The highest BCUT2D eigenvalue weighted by molar-refractivity contribution is 5.83. The summed E-state index contributed by atoms with van der Waals surface area (Å²) in [5.74, 6) is -2.41. The van der Waals surface area contributed by atoms with Crippen molar-refractivity contribution >= 4 is 12.1 Å². The van der Waals surface area contributed by atoms with E-state index in [1.165, 1.54) is 24.3 Å². The van der Waals surface area contributed by atoms with Gasteiger partial charge in [0.25, 0.3) is 0 Å². The van der Waals surface area contributed by atoms with Crippen LogP contribution in [0.25, 0.3) is 0 Å². The SMILES string of the molecule is CCOC(=O)[C@@H]1[C@@H](C(C)(C)C)[C@H]([N+](=O)[O-])[C@H](c2ccccc2F)N1C(=O)OC(C)C. The second-order valence-electron chi connectivity index (χ2n) is 8.67. The van der Waals surface area contributed by atoms with Gasteiger partial charge in [0.15, 0.2) is 0 Å². The number of hydrogen-bond acceptors (Lipinski definition) is 6. The third-order valence-electron chi connectivity index (χ3n) is 5.17. The number of amides is 1. The predicted molar refractivity (Wildman–Crippen MR) is 107 cm³/mol. The molecular formula is C21H29FN2O6. The van der Waals surface area contributed by atoms with Crippen LogP contribution in [-0.2, 0) is 14.3 Å². The number of benzene rings is 1. The molecule has 0 aromatic heterocycles. The molecule has 1 fully saturated rings. The molecule has 1 saturated heterocycles. The van der Waals surface area contributed by atoms with Crippen molar-refractivity contribution in [2.75, 3.05) is 6.61 Å². The molecule has 0 bridgehead atoms. The smallest absolute Gasteiger partial charge is 0.411 e. The topological polar surface area (TPSA) is 99.0 Å². The Morgan fingerprint density at radius 3 is 2.33 bits per heavy atom. The van der Waals surface area contributed by atoms with Crippen LogP contribution in [0, 0.1) is 27.3 Å². The molecule has 1 heterocycles. The highest BCUT2D eigenvalue weighted by Gasteiger charge is 2.65. The Balaban J connectivity index is 2.78. The predicted octanol–water partition coefficient (Wildman–Crippen LogP) is 3.97. The third-order valence-corrected chi connectivity index (χ3v) is 5.17. The maximum Gasteiger partial charge on any atom is 0.411 e. The van der Waals surface area contributed by atoms with E-state index in [4.69, 9.17) is 9.47 Å². The highest BCUT2D eigenvalue weighted by atomic mass is 19.1. The van der Waals surface area contributed by atoms with Gasteiger partial charge in [0.2, 0.25) is 6.04 Å². The monoisotopic (exact) mass is 424 g/mol. The zero-order valence-corrected chi connectivity index (χ0v) is 18.1. The van der Waals surface area contributed by atoms with Gasteiger partial charge in [-0.15, -0.1) is 0 Å². The molecule has 1 aromatic rings. The summed E-state index contributed by atoms with van der Waals surface area (Å²) in [5.41, 5.74) is -0.813. The third kappa shape index (κ3) is 4.55. The van der Waals surface area contributed by atoms with Gasteiger partial charge < -0.3 is 9.47 Å². The minimum atomic E-state index is -1.43. The molecule has 8 nitrogen and oxygen atoms in total. The molecule has 1 aromatic carbocycles. The van der Waals surface area contributed by atoms with Crippen LogP contribution < -0.4 is 0 Å². The number of esters is 1. The number of carbonyl (C=O) groups excluding carboxylic acids is 2. The van der Waals surface area contributed by atoms with Crippen LogP contribution in [0.3, 0.4) is 0 Å². The lowest BCUT2D eigenvalue weighted by atomic mass is 9.73. The van der Waals surface area contributed by atoms with Crippen molar-refractivity contribution in [1.82, 2.24) is 4.90 Å². The van der Waals surface area contributed by atoms with E-state index in [-0.39, 0.29) is 12.2 Å². The van der Waals surface area contributed by atoms with Crippen molar-refractivity contribution in [3.8, 4) is 0 Å². The Kier molecular flexibility index (Phi) is 7.05. The minimum absolute atomic E-state index is 0.0345. The van der Waals surface area contributed by atoms with Gasteiger partial charge >= 0.3 is 12.1 Å². The molecule has 1 aliphatic rings. The summed E-state index contributed by atoms with van der Waals surface area (Å²) in [5, 5.41) is 12.2. The minimum Gasteiger partial charge on any atom is -0.464 e. The highest BCUT2D eigenvalue weighted by Crippen LogP contribution is 2.50. The van der Waals surface area contributed by atoms with Crippen molar-refractivity contribution in [2.45, 2.75) is 65.8 Å². The van der Waals surface area contributed by atoms with E-state index >= 15 is 0 Å². The van der Waals surface area contributed by atoms with Crippen molar-refractivity contribution < 1.29 is 28.4 Å². The van der Waals surface area contributed by atoms with Crippen LogP contribution in [-0.4, -0.2) is 46.7 Å². The van der Waals surface area contributed by atoms with E-state index < -0.39 is 58.4 Å². The second-order valence-corrected chi connectivity index (χ2v) is 8.67. The summed E-state index contributed by atoms with van der Waals surface area (Å²) in [7, 11) is 0. The van der Waals surface area contributed by atoms with Crippen LogP contribution in [0.15, 0.2) is 24.3 Å². The number of rotatable bonds is 5. The molecule has 4 atom stereocenters. The van der Waals surface area contributed by atoms with E-state index in [0.717, 1.165) is 4.90 Å². The molecule has 0 saturated carbocycles. The fraction of sp³-hybridized carbons (Fsp3) is 0.619. The van der Waals surface area contributed by atoms with Gasteiger partial charge in [0.05, 0.1) is 18.6 Å². The van der Waals surface area contributed by atoms with Gasteiger partial charge in [-0.2, -0.15) is 0 Å². The van der Waals surface area contributed by atoms with Crippen LogP contribution in [0.5, 0.6) is 0 Å². The number of hydrogen-bond donors (Lipinski definition) is 0. The van der Waals surface area contributed by atoms with Gasteiger partial charge in [-0.1, -0.05) is 39.0 Å². The normalized spacial score (nSPS) is 24.1. The van der Waals surface area contributed by atoms with Crippen LogP contribution in [0.2, 0.25) is 0 Å². The van der Waals surface area contributed by atoms with Gasteiger partial charge in [0.1, 0.15) is 17.9 Å². The molecule has 0 N–H and O–H groups in total. The molecule has 1 amide bonds. The summed E-state index contributed by atoms with van der Waals surface area (Å²) < 4.78 is 25.2. The van der Waals surface area contributed by atoms with Gasteiger partial charge in [-0.3, -0.25) is 15.0 Å². The Morgan fingerprint density at radius 1 is 1.27 bits per heavy atom. The second kappa shape index (κ2) is 8.97. The van der Waals surface area contributed by atoms with Crippen molar-refractivity contribution in [3.63, 3.8) is 0 Å². The number of nitrogens with zero attached hydrogens (tertiary/aromatic N) is 2.